The third-order valence-electron chi connectivity index (χ3n) is 5.12. The van der Waals surface area contributed by atoms with E-state index in [0.717, 1.165) is 11.1 Å². The summed E-state index contributed by atoms with van der Waals surface area (Å²) < 4.78 is 52.5. The number of anilines is 1. The van der Waals surface area contributed by atoms with Crippen molar-refractivity contribution in [1.29, 1.82) is 0 Å². The molecule has 0 fully saturated rings. The summed E-state index contributed by atoms with van der Waals surface area (Å²) in [5.41, 5.74) is 1.73. The maximum absolute atomic E-state index is 13.4. The molecule has 0 saturated carbocycles. The van der Waals surface area contributed by atoms with Gasteiger partial charge in [-0.2, -0.15) is 0 Å². The normalized spacial score (nSPS) is 19.4. The molecule has 0 aliphatic carbocycles. The molecule has 0 radical (unpaired) electrons. The quantitative estimate of drug-likeness (QED) is 0.559. The van der Waals surface area contributed by atoms with Crippen LogP contribution >= 0.6 is 7.60 Å². The van der Waals surface area contributed by atoms with E-state index in [-0.39, 0.29) is 30.8 Å². The summed E-state index contributed by atoms with van der Waals surface area (Å²) in [6.45, 7) is 8.07. The molecule has 0 N–H and O–H groups in total. The third kappa shape index (κ3) is 4.29. The van der Waals surface area contributed by atoms with Gasteiger partial charge in [-0.3, -0.25) is 8.87 Å². The molecule has 1 aliphatic rings. The van der Waals surface area contributed by atoms with Crippen LogP contribution in [-0.2, 0) is 29.1 Å². The second-order valence-corrected chi connectivity index (χ2v) is 11.4. The van der Waals surface area contributed by atoms with E-state index in [4.69, 9.17) is 9.05 Å². The average Bonchev–Trinajstić information content (AvgIpc) is 2.96. The highest BCUT2D eigenvalue weighted by Gasteiger charge is 2.48. The van der Waals surface area contributed by atoms with Crippen molar-refractivity contribution in [3.05, 3.63) is 59.7 Å². The first-order chi connectivity index (χ1) is 13.6. The summed E-state index contributed by atoms with van der Waals surface area (Å²) in [7, 11) is -7.13. The van der Waals surface area contributed by atoms with Gasteiger partial charge in [0.15, 0.2) is 0 Å². The number of sulfonamides is 1. The molecular weight excluding hydrogens is 409 g/mol. The van der Waals surface area contributed by atoms with Crippen LogP contribution in [-0.4, -0.2) is 34.3 Å². The third-order valence-corrected chi connectivity index (χ3v) is 9.28. The van der Waals surface area contributed by atoms with Gasteiger partial charge in [0.2, 0.25) is 0 Å². The molecule has 8 heteroatoms. The Morgan fingerprint density at radius 2 is 1.62 bits per heavy atom. The highest BCUT2D eigenvalue weighted by atomic mass is 32.2. The van der Waals surface area contributed by atoms with Crippen LogP contribution in [0.15, 0.2) is 53.4 Å². The highest BCUT2D eigenvalue weighted by molar-refractivity contribution is 7.92. The van der Waals surface area contributed by atoms with E-state index in [9.17, 15) is 13.0 Å². The van der Waals surface area contributed by atoms with Crippen LogP contribution in [0.2, 0.25) is 0 Å². The zero-order valence-corrected chi connectivity index (χ0v) is 19.0. The zero-order valence-electron chi connectivity index (χ0n) is 17.3. The van der Waals surface area contributed by atoms with Gasteiger partial charge in [-0.15, -0.1) is 0 Å². The van der Waals surface area contributed by atoms with Crippen molar-refractivity contribution in [2.45, 2.75) is 38.0 Å². The minimum Gasteiger partial charge on any atom is -0.309 e. The summed E-state index contributed by atoms with van der Waals surface area (Å²) in [6.07, 6.45) is 0.110. The van der Waals surface area contributed by atoms with Crippen molar-refractivity contribution in [2.24, 2.45) is 0 Å². The van der Waals surface area contributed by atoms with Crippen LogP contribution in [0.5, 0.6) is 0 Å². The van der Waals surface area contributed by atoms with Crippen molar-refractivity contribution in [2.75, 3.05) is 30.2 Å². The molecule has 3 rings (SSSR count). The molecule has 6 nitrogen and oxygen atoms in total. The van der Waals surface area contributed by atoms with Gasteiger partial charge >= 0.3 is 7.60 Å². The molecule has 0 spiro atoms. The number of fused-ring (bicyclic) bond motifs is 1. The van der Waals surface area contributed by atoms with Gasteiger partial charge < -0.3 is 9.05 Å². The van der Waals surface area contributed by atoms with Crippen LogP contribution in [0.4, 0.5) is 5.69 Å². The topological polar surface area (TPSA) is 72.9 Å². The first-order valence-electron chi connectivity index (χ1n) is 9.72. The Morgan fingerprint density at radius 3 is 2.21 bits per heavy atom. The molecule has 2 aromatic carbocycles. The molecule has 1 atom stereocenters. The molecular formula is C21H28NO5PS. The zero-order chi connectivity index (χ0) is 21.3. The van der Waals surface area contributed by atoms with Gasteiger partial charge in [0.25, 0.3) is 10.0 Å². The second kappa shape index (κ2) is 8.23. The first kappa shape index (κ1) is 22.0. The Labute approximate surface area is 173 Å². The lowest BCUT2D eigenvalue weighted by atomic mass is 9.87. The molecule has 1 heterocycles. The number of rotatable bonds is 8. The number of nitrogens with zero attached hydrogens (tertiary/aromatic N) is 1. The molecule has 0 bridgehead atoms. The van der Waals surface area contributed by atoms with Crippen molar-refractivity contribution in [3.8, 4) is 0 Å². The van der Waals surface area contributed by atoms with E-state index in [0.29, 0.717) is 5.69 Å². The van der Waals surface area contributed by atoms with Gasteiger partial charge in [-0.05, 0) is 44.5 Å². The Morgan fingerprint density at radius 1 is 1.03 bits per heavy atom. The predicted molar refractivity (Wildman–Crippen MR) is 115 cm³/mol. The van der Waals surface area contributed by atoms with E-state index < -0.39 is 23.0 Å². The van der Waals surface area contributed by atoms with E-state index in [1.165, 1.54) is 4.31 Å². The van der Waals surface area contributed by atoms with Crippen molar-refractivity contribution in [1.82, 2.24) is 0 Å². The molecule has 1 unspecified atom stereocenters. The SMILES string of the molecule is CCOP(=O)(CC1(C)CN(S(=O)(=O)c2ccc(C)cc2)c2ccccc21)OCC. The van der Waals surface area contributed by atoms with Gasteiger partial charge in [-0.1, -0.05) is 42.8 Å². The number of para-hydroxylation sites is 1. The molecule has 158 valence electrons. The highest BCUT2D eigenvalue weighted by Crippen LogP contribution is 2.56. The van der Waals surface area contributed by atoms with Gasteiger partial charge in [0.1, 0.15) is 0 Å². The Hall–Kier alpha value is -1.66. The molecule has 1 aliphatic heterocycles. The maximum atomic E-state index is 13.4. The minimum absolute atomic E-state index is 0.110. The van der Waals surface area contributed by atoms with Gasteiger partial charge in [-0.25, -0.2) is 8.42 Å². The smallest absolute Gasteiger partial charge is 0.309 e. The van der Waals surface area contributed by atoms with Crippen molar-refractivity contribution >= 4 is 23.3 Å². The summed E-state index contributed by atoms with van der Waals surface area (Å²) in [6, 6.07) is 14.2. The number of aryl methyl sites for hydroxylation is 1. The second-order valence-electron chi connectivity index (χ2n) is 7.51. The standard InChI is InChI=1S/C21H28NO5PS/c1-5-26-28(23,27-6-2)16-21(4)15-22(20-10-8-7-9-19(20)21)29(24,25)18-13-11-17(3)12-14-18/h7-14H,5-6,15-16H2,1-4H3. The Bertz CT molecular complexity index is 1010. The fraction of sp³-hybridized carbons (Fsp3) is 0.429. The van der Waals surface area contributed by atoms with Crippen molar-refractivity contribution < 1.29 is 22.0 Å². The number of hydrogen-bond acceptors (Lipinski definition) is 5. The average molecular weight is 437 g/mol. The van der Waals surface area contributed by atoms with Gasteiger partial charge in [0.05, 0.1) is 30.0 Å². The van der Waals surface area contributed by atoms with E-state index in [2.05, 4.69) is 0 Å². The van der Waals surface area contributed by atoms with E-state index >= 15 is 0 Å². The van der Waals surface area contributed by atoms with E-state index in [1.807, 2.05) is 32.0 Å². The molecule has 0 aromatic heterocycles. The molecule has 0 amide bonds. The summed E-state index contributed by atoms with van der Waals surface area (Å²) >= 11 is 0. The van der Waals surface area contributed by atoms with Crippen molar-refractivity contribution in [3.63, 3.8) is 0 Å². The molecule has 29 heavy (non-hydrogen) atoms. The summed E-state index contributed by atoms with van der Waals surface area (Å²) in [4.78, 5) is 0.236. The molecule has 2 aromatic rings. The van der Waals surface area contributed by atoms with Crippen LogP contribution in [0.3, 0.4) is 0 Å². The lowest BCUT2D eigenvalue weighted by Gasteiger charge is -2.29. The fourth-order valence-corrected chi connectivity index (χ4v) is 7.60. The summed E-state index contributed by atoms with van der Waals surface area (Å²) in [5.74, 6) is 0. The van der Waals surface area contributed by atoms with E-state index in [1.54, 1.807) is 44.2 Å². The van der Waals surface area contributed by atoms with Crippen LogP contribution in [0.25, 0.3) is 0 Å². The minimum atomic E-state index is -3.76. The molecule has 0 saturated heterocycles. The van der Waals surface area contributed by atoms with Crippen LogP contribution in [0.1, 0.15) is 31.9 Å². The fourth-order valence-electron chi connectivity index (χ4n) is 3.83. The maximum Gasteiger partial charge on any atom is 0.331 e. The Kier molecular flexibility index (Phi) is 6.25. The van der Waals surface area contributed by atoms with Crippen LogP contribution in [0, 0.1) is 6.92 Å². The number of hydrogen-bond donors (Lipinski definition) is 0. The van der Waals surface area contributed by atoms with Crippen LogP contribution < -0.4 is 4.31 Å². The van der Waals surface area contributed by atoms with Gasteiger partial charge in [0, 0.05) is 12.0 Å². The monoisotopic (exact) mass is 437 g/mol. The predicted octanol–water partition coefficient (Wildman–Crippen LogP) is 4.73. The number of benzene rings is 2. The first-order valence-corrected chi connectivity index (χ1v) is 12.9. The lowest BCUT2D eigenvalue weighted by molar-refractivity contribution is 0.215. The summed E-state index contributed by atoms with van der Waals surface area (Å²) in [5, 5.41) is 0. The largest absolute Gasteiger partial charge is 0.331 e. The lowest BCUT2D eigenvalue weighted by Crippen LogP contribution is -2.37. The Balaban J connectivity index is 2.04.